The molecule has 1 aliphatic rings. The lowest BCUT2D eigenvalue weighted by Crippen LogP contribution is -2.29. The Morgan fingerprint density at radius 3 is 2.43 bits per heavy atom. The van der Waals surface area contributed by atoms with Crippen molar-refractivity contribution in [1.29, 1.82) is 0 Å². The van der Waals surface area contributed by atoms with Crippen LogP contribution in [0.3, 0.4) is 0 Å². The molecule has 1 aromatic carbocycles. The number of benzene rings is 1. The smallest absolute Gasteiger partial charge is 0.275 e. The summed E-state index contributed by atoms with van der Waals surface area (Å²) in [5.41, 5.74) is -0.880. The monoisotopic (exact) mass is 299 g/mol. The third-order valence-corrected chi connectivity index (χ3v) is 3.63. The number of nitrogens with one attached hydrogen (secondary N) is 1. The van der Waals surface area contributed by atoms with Crippen LogP contribution in [0.25, 0.3) is 0 Å². The first kappa shape index (κ1) is 15.6. The lowest BCUT2D eigenvalue weighted by molar-refractivity contribution is -0.385. The van der Waals surface area contributed by atoms with Crippen LogP contribution < -0.4 is 5.32 Å². The second kappa shape index (κ2) is 6.80. The van der Waals surface area contributed by atoms with Gasteiger partial charge in [0.2, 0.25) is 0 Å². The van der Waals surface area contributed by atoms with Gasteiger partial charge in [0.1, 0.15) is 5.69 Å². The van der Waals surface area contributed by atoms with Gasteiger partial charge in [-0.15, -0.1) is 0 Å². The third-order valence-electron chi connectivity index (χ3n) is 3.63. The molecule has 1 atom stereocenters. The van der Waals surface area contributed by atoms with Crippen LogP contribution in [0.2, 0.25) is 0 Å². The van der Waals surface area contributed by atoms with Gasteiger partial charge in [-0.05, 0) is 31.8 Å². The fraction of sp³-hybridized carbons (Fsp3) is 0.571. The molecule has 1 fully saturated rings. The highest BCUT2D eigenvalue weighted by molar-refractivity contribution is 5.51. The summed E-state index contributed by atoms with van der Waals surface area (Å²) in [6, 6.07) is 1.47. The molecule has 0 saturated carbocycles. The summed E-state index contributed by atoms with van der Waals surface area (Å²) in [6.45, 7) is 5.45. The van der Waals surface area contributed by atoms with Gasteiger partial charge in [-0.1, -0.05) is 6.92 Å². The largest absolute Gasteiger partial charge is 0.380 e. The van der Waals surface area contributed by atoms with E-state index in [1.807, 2.05) is 6.92 Å². The number of rotatable bonds is 6. The van der Waals surface area contributed by atoms with Crippen molar-refractivity contribution in [3.63, 3.8) is 0 Å². The van der Waals surface area contributed by atoms with E-state index < -0.39 is 22.2 Å². The quantitative estimate of drug-likeness (QED) is 0.648. The van der Waals surface area contributed by atoms with Crippen molar-refractivity contribution in [1.82, 2.24) is 4.90 Å². The Labute approximate surface area is 122 Å². The first-order chi connectivity index (χ1) is 9.97. The number of halogens is 2. The molecule has 0 spiro atoms. The van der Waals surface area contributed by atoms with E-state index in [0.29, 0.717) is 6.54 Å². The fourth-order valence-corrected chi connectivity index (χ4v) is 2.58. The predicted molar refractivity (Wildman–Crippen MR) is 76.3 cm³/mol. The molecular weight excluding hydrogens is 280 g/mol. The number of anilines is 1. The molecule has 0 aliphatic carbocycles. The number of hydrogen-bond acceptors (Lipinski definition) is 4. The molecule has 0 bridgehead atoms. The van der Waals surface area contributed by atoms with Crippen molar-refractivity contribution in [2.24, 2.45) is 5.92 Å². The van der Waals surface area contributed by atoms with E-state index >= 15 is 0 Å². The number of hydrogen-bond donors (Lipinski definition) is 1. The second-order valence-electron chi connectivity index (χ2n) is 5.54. The molecule has 2 rings (SSSR count). The van der Waals surface area contributed by atoms with Crippen LogP contribution in [0, 0.1) is 27.7 Å². The molecule has 1 unspecified atom stereocenters. The first-order valence-corrected chi connectivity index (χ1v) is 7.07. The van der Waals surface area contributed by atoms with Gasteiger partial charge in [-0.2, -0.15) is 0 Å². The van der Waals surface area contributed by atoms with Crippen LogP contribution in [-0.2, 0) is 0 Å². The minimum absolute atomic E-state index is 0.233. The van der Waals surface area contributed by atoms with Gasteiger partial charge in [0.05, 0.1) is 17.1 Å². The summed E-state index contributed by atoms with van der Waals surface area (Å²) in [7, 11) is 0. The highest BCUT2D eigenvalue weighted by Crippen LogP contribution is 2.25. The maximum absolute atomic E-state index is 13.7. The van der Waals surface area contributed by atoms with Gasteiger partial charge in [0.15, 0.2) is 11.6 Å². The molecule has 1 heterocycles. The van der Waals surface area contributed by atoms with Crippen LogP contribution in [0.5, 0.6) is 0 Å². The van der Waals surface area contributed by atoms with Gasteiger partial charge < -0.3 is 10.2 Å². The minimum atomic E-state index is -0.935. The third kappa shape index (κ3) is 4.10. The van der Waals surface area contributed by atoms with Crippen LogP contribution in [0.15, 0.2) is 12.1 Å². The van der Waals surface area contributed by atoms with Crippen molar-refractivity contribution < 1.29 is 13.7 Å². The maximum atomic E-state index is 13.7. The molecular formula is C14H19F2N3O2. The highest BCUT2D eigenvalue weighted by Gasteiger charge is 2.18. The van der Waals surface area contributed by atoms with Crippen LogP contribution in [-0.4, -0.2) is 36.0 Å². The molecule has 21 heavy (non-hydrogen) atoms. The normalized spacial score (nSPS) is 16.9. The van der Waals surface area contributed by atoms with Crippen molar-refractivity contribution in [3.05, 3.63) is 33.9 Å². The SMILES string of the molecule is CC(CNc1c(F)cc([N+](=O)[O-])cc1F)CN1CCCC1. The second-order valence-corrected chi connectivity index (χ2v) is 5.54. The number of nitrogens with zero attached hydrogens (tertiary/aromatic N) is 2. The number of non-ortho nitro benzene ring substituents is 1. The van der Waals surface area contributed by atoms with E-state index in [-0.39, 0.29) is 11.6 Å². The van der Waals surface area contributed by atoms with E-state index in [1.165, 1.54) is 12.8 Å². The molecule has 1 N–H and O–H groups in total. The van der Waals surface area contributed by atoms with E-state index in [4.69, 9.17) is 0 Å². The van der Waals surface area contributed by atoms with Crippen molar-refractivity contribution in [2.45, 2.75) is 19.8 Å². The Balaban J connectivity index is 1.94. The van der Waals surface area contributed by atoms with Gasteiger partial charge >= 0.3 is 0 Å². The lowest BCUT2D eigenvalue weighted by Gasteiger charge is -2.21. The Morgan fingerprint density at radius 2 is 1.90 bits per heavy atom. The average molecular weight is 299 g/mol. The van der Waals surface area contributed by atoms with E-state index in [9.17, 15) is 18.9 Å². The summed E-state index contributed by atoms with van der Waals surface area (Å²) in [6.07, 6.45) is 2.40. The minimum Gasteiger partial charge on any atom is -0.380 e. The number of nitro benzene ring substituents is 1. The summed E-state index contributed by atoms with van der Waals surface area (Å²) in [5, 5.41) is 13.2. The van der Waals surface area contributed by atoms with E-state index in [1.54, 1.807) is 0 Å². The average Bonchev–Trinajstić information content (AvgIpc) is 2.90. The lowest BCUT2D eigenvalue weighted by atomic mass is 10.1. The van der Waals surface area contributed by atoms with E-state index in [2.05, 4.69) is 10.2 Å². The van der Waals surface area contributed by atoms with Crippen LogP contribution in [0.1, 0.15) is 19.8 Å². The van der Waals surface area contributed by atoms with Gasteiger partial charge in [-0.25, -0.2) is 8.78 Å². The Hall–Kier alpha value is -1.76. The zero-order valence-electron chi connectivity index (χ0n) is 11.9. The van der Waals surface area contributed by atoms with Crippen molar-refractivity contribution >= 4 is 11.4 Å². The standard InChI is InChI=1S/C14H19F2N3O2/c1-10(9-18-4-2-3-5-18)8-17-14-12(15)6-11(19(20)21)7-13(14)16/h6-7,10,17H,2-5,8-9H2,1H3. The summed E-state index contributed by atoms with van der Waals surface area (Å²) >= 11 is 0. The molecule has 116 valence electrons. The summed E-state index contributed by atoms with van der Waals surface area (Å²) in [4.78, 5) is 12.0. The molecule has 0 radical (unpaired) electrons. The molecule has 1 saturated heterocycles. The Morgan fingerprint density at radius 1 is 1.33 bits per heavy atom. The van der Waals surface area contributed by atoms with Crippen molar-refractivity contribution in [3.8, 4) is 0 Å². The number of likely N-dealkylation sites (tertiary alicyclic amines) is 1. The first-order valence-electron chi connectivity index (χ1n) is 7.07. The van der Waals surface area contributed by atoms with Gasteiger partial charge in [0.25, 0.3) is 5.69 Å². The molecule has 1 aliphatic heterocycles. The van der Waals surface area contributed by atoms with Crippen molar-refractivity contribution in [2.75, 3.05) is 31.5 Å². The molecule has 7 heteroatoms. The zero-order chi connectivity index (χ0) is 15.4. The van der Waals surface area contributed by atoms with Crippen LogP contribution in [0.4, 0.5) is 20.2 Å². The molecule has 0 amide bonds. The fourth-order valence-electron chi connectivity index (χ4n) is 2.58. The Bertz CT molecular complexity index is 496. The topological polar surface area (TPSA) is 58.4 Å². The molecule has 1 aromatic rings. The maximum Gasteiger partial charge on any atom is 0.275 e. The zero-order valence-corrected chi connectivity index (χ0v) is 11.9. The molecule has 0 aromatic heterocycles. The Kier molecular flexibility index (Phi) is 5.06. The van der Waals surface area contributed by atoms with E-state index in [0.717, 1.165) is 31.8 Å². The predicted octanol–water partition coefficient (Wildman–Crippen LogP) is 3.02. The van der Waals surface area contributed by atoms with Gasteiger partial charge in [-0.3, -0.25) is 10.1 Å². The van der Waals surface area contributed by atoms with Gasteiger partial charge in [0, 0.05) is 13.1 Å². The highest BCUT2D eigenvalue weighted by atomic mass is 19.1. The summed E-state index contributed by atoms with van der Waals surface area (Å²) in [5.74, 6) is -1.64. The molecule has 5 nitrogen and oxygen atoms in total. The summed E-state index contributed by atoms with van der Waals surface area (Å²) < 4.78 is 27.4. The number of nitro groups is 1. The van der Waals surface area contributed by atoms with Crippen LogP contribution >= 0.6 is 0 Å².